The number of carboxylic acids is 1. The topological polar surface area (TPSA) is 71.4 Å². The molecule has 0 aliphatic heterocycles. The second-order valence-corrected chi connectivity index (χ2v) is 6.24. The zero-order valence-corrected chi connectivity index (χ0v) is 11.2. The van der Waals surface area contributed by atoms with Crippen molar-refractivity contribution in [1.29, 1.82) is 0 Å². The van der Waals surface area contributed by atoms with Crippen LogP contribution in [0, 0.1) is 5.82 Å². The van der Waals surface area contributed by atoms with Gasteiger partial charge in [-0.1, -0.05) is 13.8 Å². The van der Waals surface area contributed by atoms with Crippen molar-refractivity contribution in [2.75, 3.05) is 6.26 Å². The van der Waals surface area contributed by atoms with Crippen molar-refractivity contribution in [1.82, 2.24) is 0 Å². The molecule has 1 N–H and O–H groups in total. The molecule has 0 radical (unpaired) electrons. The highest BCUT2D eigenvalue weighted by Crippen LogP contribution is 2.29. The Morgan fingerprint density at radius 3 is 2.39 bits per heavy atom. The van der Waals surface area contributed by atoms with Crippen molar-refractivity contribution < 1.29 is 22.7 Å². The van der Waals surface area contributed by atoms with Crippen molar-refractivity contribution in [2.45, 2.75) is 31.1 Å². The first-order valence-electron chi connectivity index (χ1n) is 5.45. The van der Waals surface area contributed by atoms with Gasteiger partial charge in [-0.25, -0.2) is 17.6 Å². The smallest absolute Gasteiger partial charge is 0.338 e. The molecule has 6 heteroatoms. The van der Waals surface area contributed by atoms with E-state index >= 15 is 0 Å². The summed E-state index contributed by atoms with van der Waals surface area (Å²) in [6.07, 6.45) is 1.62. The maximum absolute atomic E-state index is 13.6. The van der Waals surface area contributed by atoms with Gasteiger partial charge in [-0.2, -0.15) is 0 Å². The predicted molar refractivity (Wildman–Crippen MR) is 65.2 cm³/mol. The van der Waals surface area contributed by atoms with E-state index in [1.54, 1.807) is 6.92 Å². The van der Waals surface area contributed by atoms with Crippen molar-refractivity contribution in [3.8, 4) is 0 Å². The SMILES string of the molecule is CCC(C)c1cc(F)c(C(=O)O)cc1S(C)(=O)=O. The molecule has 18 heavy (non-hydrogen) atoms. The summed E-state index contributed by atoms with van der Waals surface area (Å²) in [6, 6.07) is 1.91. The average Bonchev–Trinajstić information content (AvgIpc) is 2.25. The first-order chi connectivity index (χ1) is 8.18. The third kappa shape index (κ3) is 2.87. The quantitative estimate of drug-likeness (QED) is 0.856. The van der Waals surface area contributed by atoms with Gasteiger partial charge in [0.15, 0.2) is 9.84 Å². The maximum Gasteiger partial charge on any atom is 0.338 e. The Labute approximate surface area is 105 Å². The molecule has 1 aromatic rings. The number of hydrogen-bond acceptors (Lipinski definition) is 3. The molecular weight excluding hydrogens is 259 g/mol. The van der Waals surface area contributed by atoms with Crippen molar-refractivity contribution in [3.63, 3.8) is 0 Å². The van der Waals surface area contributed by atoms with E-state index in [9.17, 15) is 17.6 Å². The van der Waals surface area contributed by atoms with Gasteiger partial charge in [0, 0.05) is 6.26 Å². The normalized spacial score (nSPS) is 13.3. The zero-order chi connectivity index (χ0) is 14.1. The van der Waals surface area contributed by atoms with Crippen LogP contribution >= 0.6 is 0 Å². The van der Waals surface area contributed by atoms with Gasteiger partial charge in [0.1, 0.15) is 5.82 Å². The molecule has 0 spiro atoms. The molecule has 4 nitrogen and oxygen atoms in total. The first-order valence-corrected chi connectivity index (χ1v) is 7.34. The van der Waals surface area contributed by atoms with Crippen LogP contribution in [0.4, 0.5) is 4.39 Å². The van der Waals surface area contributed by atoms with E-state index in [1.165, 1.54) is 0 Å². The molecule has 1 aromatic carbocycles. The van der Waals surface area contributed by atoms with Gasteiger partial charge in [0.25, 0.3) is 0 Å². The Balaban J connectivity index is 3.63. The molecule has 0 aromatic heterocycles. The van der Waals surface area contributed by atoms with Gasteiger partial charge < -0.3 is 5.11 Å². The molecule has 100 valence electrons. The van der Waals surface area contributed by atoms with Crippen LogP contribution in [0.15, 0.2) is 17.0 Å². The van der Waals surface area contributed by atoms with Crippen LogP contribution in [-0.2, 0) is 9.84 Å². The predicted octanol–water partition coefficient (Wildman–Crippen LogP) is 2.44. The highest BCUT2D eigenvalue weighted by molar-refractivity contribution is 7.90. The minimum atomic E-state index is -3.59. The van der Waals surface area contributed by atoms with Crippen molar-refractivity contribution in [3.05, 3.63) is 29.1 Å². The van der Waals surface area contributed by atoms with E-state index in [1.807, 2.05) is 6.92 Å². The molecule has 1 rings (SSSR count). The van der Waals surface area contributed by atoms with E-state index < -0.39 is 27.2 Å². The van der Waals surface area contributed by atoms with Gasteiger partial charge >= 0.3 is 5.97 Å². The lowest BCUT2D eigenvalue weighted by Gasteiger charge is -2.15. The number of sulfone groups is 1. The van der Waals surface area contributed by atoms with Crippen LogP contribution in [0.25, 0.3) is 0 Å². The minimum Gasteiger partial charge on any atom is -0.478 e. The number of aromatic carboxylic acids is 1. The average molecular weight is 274 g/mol. The summed E-state index contributed by atoms with van der Waals surface area (Å²) >= 11 is 0. The van der Waals surface area contributed by atoms with Crippen LogP contribution in [-0.4, -0.2) is 25.7 Å². The third-order valence-electron chi connectivity index (χ3n) is 2.87. The van der Waals surface area contributed by atoms with E-state index in [4.69, 9.17) is 5.11 Å². The third-order valence-corrected chi connectivity index (χ3v) is 4.03. The van der Waals surface area contributed by atoms with Gasteiger partial charge in [-0.15, -0.1) is 0 Å². The summed E-state index contributed by atoms with van der Waals surface area (Å²) < 4.78 is 36.9. The summed E-state index contributed by atoms with van der Waals surface area (Å²) in [5, 5.41) is 8.81. The Morgan fingerprint density at radius 2 is 2.00 bits per heavy atom. The monoisotopic (exact) mass is 274 g/mol. The molecule has 0 amide bonds. The zero-order valence-electron chi connectivity index (χ0n) is 10.4. The Bertz CT molecular complexity index is 578. The molecule has 1 unspecified atom stereocenters. The van der Waals surface area contributed by atoms with E-state index in [2.05, 4.69) is 0 Å². The molecule has 0 aliphatic rings. The van der Waals surface area contributed by atoms with Crippen LogP contribution in [0.5, 0.6) is 0 Å². The fourth-order valence-electron chi connectivity index (χ4n) is 1.66. The summed E-state index contributed by atoms with van der Waals surface area (Å²) in [6.45, 7) is 3.61. The fourth-order valence-corrected chi connectivity index (χ4v) is 2.68. The summed E-state index contributed by atoms with van der Waals surface area (Å²) in [7, 11) is -3.59. The summed E-state index contributed by atoms with van der Waals surface area (Å²) in [5.41, 5.74) is -0.301. The van der Waals surface area contributed by atoms with E-state index in [-0.39, 0.29) is 10.8 Å². The summed E-state index contributed by atoms with van der Waals surface area (Å²) in [4.78, 5) is 10.7. The van der Waals surface area contributed by atoms with Crippen LogP contribution in [0.3, 0.4) is 0 Å². The Kier molecular flexibility index (Phi) is 4.11. The fraction of sp³-hybridized carbons (Fsp3) is 0.417. The lowest BCUT2D eigenvalue weighted by Crippen LogP contribution is -2.10. The molecule has 0 heterocycles. The van der Waals surface area contributed by atoms with Gasteiger partial charge in [-0.3, -0.25) is 0 Å². The number of benzene rings is 1. The largest absolute Gasteiger partial charge is 0.478 e. The van der Waals surface area contributed by atoms with Crippen molar-refractivity contribution >= 4 is 15.8 Å². The number of carbonyl (C=O) groups is 1. The van der Waals surface area contributed by atoms with Crippen molar-refractivity contribution in [2.24, 2.45) is 0 Å². The van der Waals surface area contributed by atoms with Crippen LogP contribution in [0.1, 0.15) is 42.1 Å². The Hall–Kier alpha value is -1.43. The van der Waals surface area contributed by atoms with Gasteiger partial charge in [0.05, 0.1) is 10.5 Å². The summed E-state index contributed by atoms with van der Waals surface area (Å²) in [5.74, 6) is -2.55. The van der Waals surface area contributed by atoms with Crippen LogP contribution < -0.4 is 0 Å². The van der Waals surface area contributed by atoms with E-state index in [0.29, 0.717) is 12.0 Å². The second-order valence-electron chi connectivity index (χ2n) is 4.26. The second kappa shape index (κ2) is 5.06. The van der Waals surface area contributed by atoms with E-state index in [0.717, 1.165) is 18.4 Å². The van der Waals surface area contributed by atoms with Gasteiger partial charge in [-0.05, 0) is 30.0 Å². The number of rotatable bonds is 4. The molecule has 0 bridgehead atoms. The highest BCUT2D eigenvalue weighted by atomic mass is 32.2. The Morgan fingerprint density at radius 1 is 1.44 bits per heavy atom. The lowest BCUT2D eigenvalue weighted by atomic mass is 9.97. The molecular formula is C12H15FO4S. The molecule has 1 atom stereocenters. The number of carboxylic acid groups (broad SMARTS) is 1. The van der Waals surface area contributed by atoms with Crippen LogP contribution in [0.2, 0.25) is 0 Å². The molecule has 0 saturated carbocycles. The first kappa shape index (κ1) is 14.6. The lowest BCUT2D eigenvalue weighted by molar-refractivity contribution is 0.0691. The standard InChI is InChI=1S/C12H15FO4S/c1-4-7(2)8-5-10(13)9(12(14)15)6-11(8)18(3,16)17/h5-7H,4H2,1-3H3,(H,14,15). The number of hydrogen-bond donors (Lipinski definition) is 1. The molecule has 0 fully saturated rings. The molecule has 0 aliphatic carbocycles. The minimum absolute atomic E-state index is 0.115. The van der Waals surface area contributed by atoms with Gasteiger partial charge in [0.2, 0.25) is 0 Å². The number of halogens is 1. The highest BCUT2D eigenvalue weighted by Gasteiger charge is 2.22. The maximum atomic E-state index is 13.6. The molecule has 0 saturated heterocycles.